The average molecular weight is 296 g/mol. The number of nitrogen functional groups attached to an aromatic ring is 1. The molecular weight excluding hydrogens is 272 g/mol. The Morgan fingerprint density at radius 2 is 1.70 bits per heavy atom. The van der Waals surface area contributed by atoms with Gasteiger partial charge in [0.15, 0.2) is 0 Å². The van der Waals surface area contributed by atoms with Gasteiger partial charge in [0.1, 0.15) is 0 Å². The third-order valence-electron chi connectivity index (χ3n) is 4.20. The van der Waals surface area contributed by atoms with E-state index in [2.05, 4.69) is 4.72 Å². The summed E-state index contributed by atoms with van der Waals surface area (Å²) in [6.07, 6.45) is 4.64. The lowest BCUT2D eigenvalue weighted by Crippen LogP contribution is -2.37. The van der Waals surface area contributed by atoms with Gasteiger partial charge in [-0.2, -0.15) is 0 Å². The van der Waals surface area contributed by atoms with Gasteiger partial charge in [-0.25, -0.2) is 13.1 Å². The van der Waals surface area contributed by atoms with E-state index in [-0.39, 0.29) is 6.04 Å². The molecule has 1 aliphatic rings. The van der Waals surface area contributed by atoms with Crippen molar-refractivity contribution in [2.75, 3.05) is 5.73 Å². The third-order valence-corrected chi connectivity index (χ3v) is 6.06. The average Bonchev–Trinajstić information content (AvgIpc) is 2.78. The maximum atomic E-state index is 12.6. The minimum atomic E-state index is -3.48. The number of hydrogen-bond acceptors (Lipinski definition) is 3. The molecule has 1 aliphatic carbocycles. The van der Waals surface area contributed by atoms with Crippen molar-refractivity contribution in [2.45, 2.75) is 57.4 Å². The minimum Gasteiger partial charge on any atom is -0.399 e. The van der Waals surface area contributed by atoms with Crippen molar-refractivity contribution >= 4 is 15.7 Å². The number of rotatable bonds is 4. The van der Waals surface area contributed by atoms with Crippen LogP contribution in [0.4, 0.5) is 5.69 Å². The number of anilines is 1. The summed E-state index contributed by atoms with van der Waals surface area (Å²) in [5.41, 5.74) is 7.76. The van der Waals surface area contributed by atoms with Gasteiger partial charge >= 0.3 is 0 Å². The van der Waals surface area contributed by atoms with E-state index in [1.54, 1.807) is 26.0 Å². The van der Waals surface area contributed by atoms with Crippen LogP contribution in [0.1, 0.15) is 43.7 Å². The van der Waals surface area contributed by atoms with E-state index in [4.69, 9.17) is 5.73 Å². The zero-order valence-electron chi connectivity index (χ0n) is 12.4. The predicted octanol–water partition coefficient (Wildman–Crippen LogP) is 2.74. The standard InChI is InChI=1S/C15H24N2O2S/c1-10-8-14(16)9-11(2)15(10)20(18,19)17-12(3)13-6-4-5-7-13/h8-9,12-13,17H,4-7,16H2,1-3H3. The van der Waals surface area contributed by atoms with E-state index in [1.165, 1.54) is 12.8 Å². The molecule has 1 aromatic rings. The Hall–Kier alpha value is -1.07. The van der Waals surface area contributed by atoms with Crippen LogP contribution in [0.15, 0.2) is 17.0 Å². The van der Waals surface area contributed by atoms with Gasteiger partial charge in [0.25, 0.3) is 0 Å². The van der Waals surface area contributed by atoms with Gasteiger partial charge in [-0.15, -0.1) is 0 Å². The Morgan fingerprint density at radius 3 is 2.20 bits per heavy atom. The van der Waals surface area contributed by atoms with Gasteiger partial charge in [-0.05, 0) is 62.8 Å². The number of aryl methyl sites for hydroxylation is 2. The SMILES string of the molecule is Cc1cc(N)cc(C)c1S(=O)(=O)NC(C)C1CCCC1. The molecule has 1 atom stereocenters. The summed E-state index contributed by atoms with van der Waals surface area (Å²) in [7, 11) is -3.48. The highest BCUT2D eigenvalue weighted by molar-refractivity contribution is 7.89. The molecule has 2 rings (SSSR count). The molecule has 1 aromatic carbocycles. The summed E-state index contributed by atoms with van der Waals surface area (Å²) in [5, 5.41) is 0. The molecular formula is C15H24N2O2S. The van der Waals surface area contributed by atoms with Crippen LogP contribution in [-0.4, -0.2) is 14.5 Å². The fourth-order valence-corrected chi connectivity index (χ4v) is 5.03. The minimum absolute atomic E-state index is 0.0150. The van der Waals surface area contributed by atoms with Crippen LogP contribution in [0.25, 0.3) is 0 Å². The first kappa shape index (κ1) is 15.3. The Kier molecular flexibility index (Phi) is 4.39. The summed E-state index contributed by atoms with van der Waals surface area (Å²) in [6, 6.07) is 3.41. The lowest BCUT2D eigenvalue weighted by molar-refractivity contribution is 0.424. The van der Waals surface area contributed by atoms with Crippen LogP contribution in [0.2, 0.25) is 0 Å². The Bertz CT molecular complexity index is 567. The van der Waals surface area contributed by atoms with Crippen LogP contribution in [-0.2, 0) is 10.0 Å². The first-order valence-electron chi connectivity index (χ1n) is 7.20. The summed E-state index contributed by atoms with van der Waals surface area (Å²) in [6.45, 7) is 5.55. The normalized spacial score (nSPS) is 18.4. The molecule has 112 valence electrons. The van der Waals surface area contributed by atoms with Crippen molar-refractivity contribution in [1.82, 2.24) is 4.72 Å². The van der Waals surface area contributed by atoms with Gasteiger partial charge in [-0.1, -0.05) is 12.8 Å². The number of benzene rings is 1. The lowest BCUT2D eigenvalue weighted by Gasteiger charge is -2.21. The topological polar surface area (TPSA) is 72.2 Å². The second-order valence-corrected chi connectivity index (χ2v) is 7.59. The molecule has 0 amide bonds. The summed E-state index contributed by atoms with van der Waals surface area (Å²) >= 11 is 0. The molecule has 0 radical (unpaired) electrons. The van der Waals surface area contributed by atoms with Crippen molar-refractivity contribution in [1.29, 1.82) is 0 Å². The summed E-state index contributed by atoms with van der Waals surface area (Å²) < 4.78 is 28.0. The maximum Gasteiger partial charge on any atom is 0.241 e. The molecule has 0 heterocycles. The van der Waals surface area contributed by atoms with Crippen LogP contribution in [0.3, 0.4) is 0 Å². The van der Waals surface area contributed by atoms with Crippen molar-refractivity contribution in [3.05, 3.63) is 23.3 Å². The molecule has 0 bridgehead atoms. The predicted molar refractivity (Wildman–Crippen MR) is 82.1 cm³/mol. The molecule has 0 aliphatic heterocycles. The van der Waals surface area contributed by atoms with Gasteiger partial charge in [0.05, 0.1) is 4.90 Å². The molecule has 3 N–H and O–H groups in total. The molecule has 0 aromatic heterocycles. The van der Waals surface area contributed by atoms with Crippen LogP contribution < -0.4 is 10.5 Å². The number of sulfonamides is 1. The monoisotopic (exact) mass is 296 g/mol. The zero-order valence-corrected chi connectivity index (χ0v) is 13.3. The smallest absolute Gasteiger partial charge is 0.241 e. The van der Waals surface area contributed by atoms with Crippen molar-refractivity contribution in [2.24, 2.45) is 5.92 Å². The van der Waals surface area contributed by atoms with Crippen molar-refractivity contribution in [3.8, 4) is 0 Å². The van der Waals surface area contributed by atoms with E-state index in [1.807, 2.05) is 6.92 Å². The van der Waals surface area contributed by atoms with E-state index < -0.39 is 10.0 Å². The number of nitrogens with two attached hydrogens (primary N) is 1. The first-order valence-corrected chi connectivity index (χ1v) is 8.68. The second-order valence-electron chi connectivity index (χ2n) is 5.94. The fourth-order valence-electron chi connectivity index (χ4n) is 3.26. The fraction of sp³-hybridized carbons (Fsp3) is 0.600. The number of nitrogens with one attached hydrogen (secondary N) is 1. The van der Waals surface area contributed by atoms with Crippen LogP contribution in [0, 0.1) is 19.8 Å². The van der Waals surface area contributed by atoms with E-state index >= 15 is 0 Å². The highest BCUT2D eigenvalue weighted by Crippen LogP contribution is 2.29. The molecule has 5 heteroatoms. The largest absolute Gasteiger partial charge is 0.399 e. The van der Waals surface area contributed by atoms with Crippen molar-refractivity contribution in [3.63, 3.8) is 0 Å². The highest BCUT2D eigenvalue weighted by Gasteiger charge is 2.27. The zero-order chi connectivity index (χ0) is 14.9. The lowest BCUT2D eigenvalue weighted by atomic mass is 10.0. The molecule has 1 unspecified atom stereocenters. The van der Waals surface area contributed by atoms with E-state index in [9.17, 15) is 8.42 Å². The summed E-state index contributed by atoms with van der Waals surface area (Å²) in [5.74, 6) is 0.458. The van der Waals surface area contributed by atoms with Crippen LogP contribution >= 0.6 is 0 Å². The van der Waals surface area contributed by atoms with Crippen LogP contribution in [0.5, 0.6) is 0 Å². The number of hydrogen-bond donors (Lipinski definition) is 2. The van der Waals surface area contributed by atoms with E-state index in [0.29, 0.717) is 27.6 Å². The maximum absolute atomic E-state index is 12.6. The quantitative estimate of drug-likeness (QED) is 0.839. The molecule has 20 heavy (non-hydrogen) atoms. The van der Waals surface area contributed by atoms with E-state index in [0.717, 1.165) is 12.8 Å². The Morgan fingerprint density at radius 1 is 1.20 bits per heavy atom. The van der Waals surface area contributed by atoms with Gasteiger partial charge < -0.3 is 5.73 Å². The van der Waals surface area contributed by atoms with Gasteiger partial charge in [0.2, 0.25) is 10.0 Å². The molecule has 0 spiro atoms. The highest BCUT2D eigenvalue weighted by atomic mass is 32.2. The summed E-state index contributed by atoms with van der Waals surface area (Å²) in [4.78, 5) is 0.372. The third kappa shape index (κ3) is 3.15. The Labute approximate surface area is 121 Å². The molecule has 4 nitrogen and oxygen atoms in total. The molecule has 1 saturated carbocycles. The molecule has 1 fully saturated rings. The molecule has 0 saturated heterocycles. The first-order chi connectivity index (χ1) is 9.31. The van der Waals surface area contributed by atoms with Crippen molar-refractivity contribution < 1.29 is 8.42 Å². The van der Waals surface area contributed by atoms with Gasteiger partial charge in [-0.3, -0.25) is 0 Å². The van der Waals surface area contributed by atoms with Gasteiger partial charge in [0, 0.05) is 11.7 Å². The Balaban J connectivity index is 2.26. The second kappa shape index (κ2) is 5.74.